The lowest BCUT2D eigenvalue weighted by atomic mass is 10.1. The maximum atomic E-state index is 14.2. The Kier molecular flexibility index (Phi) is 4.90. The van der Waals surface area contributed by atoms with Gasteiger partial charge in [-0.25, -0.2) is 9.37 Å². The summed E-state index contributed by atoms with van der Waals surface area (Å²) >= 11 is 1.65. The number of pyridine rings is 1. The minimum Gasteiger partial charge on any atom is -0.371 e. The molecule has 6 heteroatoms. The largest absolute Gasteiger partial charge is 0.371 e. The van der Waals surface area contributed by atoms with Gasteiger partial charge in [-0.1, -0.05) is 6.07 Å². The molecule has 1 atom stereocenters. The molecule has 2 aromatic heterocycles. The Labute approximate surface area is 127 Å². The second kappa shape index (κ2) is 6.67. The van der Waals surface area contributed by atoms with Crippen molar-refractivity contribution in [2.45, 2.75) is 19.4 Å². The molecule has 1 N–H and O–H groups in total. The van der Waals surface area contributed by atoms with Crippen molar-refractivity contribution in [3.05, 3.63) is 46.0 Å². The number of nitrogens with zero attached hydrogens (tertiary/aromatic N) is 2. The zero-order valence-electron chi connectivity index (χ0n) is 12.3. The highest BCUT2D eigenvalue weighted by atomic mass is 32.1. The molecule has 0 aliphatic heterocycles. The van der Waals surface area contributed by atoms with Crippen LogP contribution in [0.4, 0.5) is 10.2 Å². The average molecular weight is 307 g/mol. The number of thiophene rings is 1. The van der Waals surface area contributed by atoms with Crippen molar-refractivity contribution in [2.75, 3.05) is 19.4 Å². The molecule has 0 spiro atoms. The minimum atomic E-state index is -0.611. The van der Waals surface area contributed by atoms with Gasteiger partial charge in [0.15, 0.2) is 11.6 Å². The molecule has 1 amide bonds. The lowest BCUT2D eigenvalue weighted by Crippen LogP contribution is -2.36. The first-order valence-electron chi connectivity index (χ1n) is 6.66. The van der Waals surface area contributed by atoms with Crippen molar-refractivity contribution in [2.24, 2.45) is 0 Å². The predicted octanol–water partition coefficient (Wildman–Crippen LogP) is 3.03. The van der Waals surface area contributed by atoms with Gasteiger partial charge in [-0.2, -0.15) is 0 Å². The Morgan fingerprint density at radius 2 is 2.29 bits per heavy atom. The third-order valence-corrected chi connectivity index (χ3v) is 4.31. The molecule has 0 saturated carbocycles. The Hall–Kier alpha value is -1.95. The molecule has 112 valence electrons. The van der Waals surface area contributed by atoms with Crippen LogP contribution < -0.4 is 5.32 Å². The average Bonchev–Trinajstić information content (AvgIpc) is 2.99. The van der Waals surface area contributed by atoms with E-state index in [-0.39, 0.29) is 23.3 Å². The summed E-state index contributed by atoms with van der Waals surface area (Å²) in [4.78, 5) is 19.1. The summed E-state index contributed by atoms with van der Waals surface area (Å²) in [6, 6.07) is 5.41. The molecular formula is C15H18FN3OS. The van der Waals surface area contributed by atoms with Crippen LogP contribution in [0.2, 0.25) is 0 Å². The van der Waals surface area contributed by atoms with Crippen LogP contribution in [0, 0.1) is 5.82 Å². The van der Waals surface area contributed by atoms with E-state index in [1.807, 2.05) is 24.4 Å². The first-order valence-corrected chi connectivity index (χ1v) is 7.54. The molecule has 2 rings (SSSR count). The summed E-state index contributed by atoms with van der Waals surface area (Å²) in [5, 5.41) is 4.65. The van der Waals surface area contributed by atoms with E-state index in [9.17, 15) is 9.18 Å². The van der Waals surface area contributed by atoms with Crippen molar-refractivity contribution in [3.63, 3.8) is 0 Å². The Morgan fingerprint density at radius 3 is 2.90 bits per heavy atom. The predicted molar refractivity (Wildman–Crippen MR) is 83.3 cm³/mol. The minimum absolute atomic E-state index is 0.0123. The molecular weight excluding hydrogens is 289 g/mol. The van der Waals surface area contributed by atoms with Crippen LogP contribution >= 0.6 is 11.3 Å². The van der Waals surface area contributed by atoms with Gasteiger partial charge in [0.1, 0.15) is 0 Å². The summed E-state index contributed by atoms with van der Waals surface area (Å²) in [5.74, 6) is -0.865. The number of halogens is 1. The fourth-order valence-corrected chi connectivity index (χ4v) is 2.86. The number of amides is 1. The summed E-state index contributed by atoms with van der Waals surface area (Å²) < 4.78 is 14.2. The van der Waals surface area contributed by atoms with Gasteiger partial charge in [-0.15, -0.1) is 11.3 Å². The molecule has 2 heterocycles. The van der Waals surface area contributed by atoms with Crippen molar-refractivity contribution in [3.8, 4) is 0 Å². The highest BCUT2D eigenvalue weighted by Crippen LogP contribution is 2.19. The number of aromatic nitrogens is 1. The topological polar surface area (TPSA) is 45.2 Å². The van der Waals surface area contributed by atoms with Gasteiger partial charge >= 0.3 is 0 Å². The second-order valence-corrected chi connectivity index (χ2v) is 5.85. The van der Waals surface area contributed by atoms with Gasteiger partial charge in [0.25, 0.3) is 5.91 Å². The van der Waals surface area contributed by atoms with Crippen molar-refractivity contribution in [1.29, 1.82) is 0 Å². The van der Waals surface area contributed by atoms with E-state index >= 15 is 0 Å². The zero-order valence-corrected chi connectivity index (χ0v) is 13.1. The third-order valence-electron chi connectivity index (χ3n) is 3.41. The molecule has 0 saturated heterocycles. The first kappa shape index (κ1) is 15.4. The summed E-state index contributed by atoms with van der Waals surface area (Å²) in [7, 11) is 3.27. The monoisotopic (exact) mass is 307 g/mol. The zero-order chi connectivity index (χ0) is 15.4. The fraction of sp³-hybridized carbons (Fsp3) is 0.333. The van der Waals surface area contributed by atoms with Gasteiger partial charge in [0.2, 0.25) is 0 Å². The molecule has 0 bridgehead atoms. The van der Waals surface area contributed by atoms with Crippen LogP contribution in [-0.4, -0.2) is 35.9 Å². The Bertz CT molecular complexity index is 615. The maximum Gasteiger partial charge on any atom is 0.257 e. The molecule has 1 unspecified atom stereocenters. The number of carbonyl (C=O) groups excluding carboxylic acids is 1. The lowest BCUT2D eigenvalue weighted by Gasteiger charge is -2.25. The van der Waals surface area contributed by atoms with E-state index in [1.54, 1.807) is 30.3 Å². The molecule has 0 aromatic carbocycles. The van der Waals surface area contributed by atoms with Crippen LogP contribution in [0.5, 0.6) is 0 Å². The molecule has 2 aromatic rings. The van der Waals surface area contributed by atoms with Crippen LogP contribution in [0.1, 0.15) is 22.2 Å². The molecule has 0 radical (unpaired) electrons. The number of hydrogen-bond acceptors (Lipinski definition) is 4. The normalized spacial score (nSPS) is 12.0. The maximum absolute atomic E-state index is 14.2. The number of nitrogens with one attached hydrogen (secondary N) is 1. The molecule has 0 aliphatic carbocycles. The van der Waals surface area contributed by atoms with E-state index in [0.29, 0.717) is 0 Å². The smallest absolute Gasteiger partial charge is 0.257 e. The van der Waals surface area contributed by atoms with Gasteiger partial charge in [0, 0.05) is 37.6 Å². The summed E-state index contributed by atoms with van der Waals surface area (Å²) in [6.07, 6.45) is 2.19. The lowest BCUT2D eigenvalue weighted by molar-refractivity contribution is 0.0739. The molecule has 0 aliphatic rings. The molecule has 21 heavy (non-hydrogen) atoms. The van der Waals surface area contributed by atoms with Crippen LogP contribution in [0.15, 0.2) is 29.8 Å². The van der Waals surface area contributed by atoms with Gasteiger partial charge in [-0.3, -0.25) is 4.79 Å². The van der Waals surface area contributed by atoms with E-state index in [1.165, 1.54) is 17.1 Å². The van der Waals surface area contributed by atoms with Gasteiger partial charge in [0.05, 0.1) is 5.56 Å². The quantitative estimate of drug-likeness (QED) is 0.923. The molecule has 0 fully saturated rings. The molecule has 4 nitrogen and oxygen atoms in total. The van der Waals surface area contributed by atoms with Crippen LogP contribution in [0.25, 0.3) is 0 Å². The van der Waals surface area contributed by atoms with Gasteiger partial charge in [-0.05, 0) is 24.4 Å². The first-order chi connectivity index (χ1) is 10.0. The highest BCUT2D eigenvalue weighted by molar-refractivity contribution is 7.09. The van der Waals surface area contributed by atoms with Crippen molar-refractivity contribution in [1.82, 2.24) is 9.88 Å². The van der Waals surface area contributed by atoms with Crippen molar-refractivity contribution < 1.29 is 9.18 Å². The fourth-order valence-electron chi connectivity index (χ4n) is 2.03. The van der Waals surface area contributed by atoms with Crippen LogP contribution in [-0.2, 0) is 6.42 Å². The SMILES string of the molecule is CNc1nccc(C(=O)N(C)C(C)Cc2cccs2)c1F. The third kappa shape index (κ3) is 3.39. The standard InChI is InChI=1S/C15H18FN3OS/c1-10(9-11-5-4-8-21-11)19(3)15(20)12-6-7-18-14(17-2)13(12)16/h4-8,10H,9H2,1-3H3,(H,17,18). The number of likely N-dealkylation sites (N-methyl/N-ethyl adjacent to an activating group) is 1. The highest BCUT2D eigenvalue weighted by Gasteiger charge is 2.22. The van der Waals surface area contributed by atoms with E-state index in [4.69, 9.17) is 0 Å². The number of hydrogen-bond donors (Lipinski definition) is 1. The number of anilines is 1. The Balaban J connectivity index is 2.15. The van der Waals surface area contributed by atoms with Crippen molar-refractivity contribution >= 4 is 23.1 Å². The second-order valence-electron chi connectivity index (χ2n) is 4.82. The van der Waals surface area contributed by atoms with E-state index in [0.717, 1.165) is 6.42 Å². The summed E-state index contributed by atoms with van der Waals surface area (Å²) in [6.45, 7) is 1.95. The van der Waals surface area contributed by atoms with E-state index < -0.39 is 5.82 Å². The van der Waals surface area contributed by atoms with Gasteiger partial charge < -0.3 is 10.2 Å². The van der Waals surface area contributed by atoms with Crippen LogP contribution in [0.3, 0.4) is 0 Å². The number of rotatable bonds is 5. The summed E-state index contributed by atoms with van der Waals surface area (Å²) in [5.41, 5.74) is 0.0369. The Morgan fingerprint density at radius 1 is 1.52 bits per heavy atom. The van der Waals surface area contributed by atoms with E-state index in [2.05, 4.69) is 10.3 Å². The number of carbonyl (C=O) groups is 1.